The fourth-order valence-electron chi connectivity index (χ4n) is 2.70. The predicted molar refractivity (Wildman–Crippen MR) is 88.0 cm³/mol. The minimum absolute atomic E-state index is 0.720. The minimum Gasteiger partial charge on any atom is -0.370 e. The van der Waals surface area contributed by atoms with Crippen LogP contribution in [0.25, 0.3) is 0 Å². The van der Waals surface area contributed by atoms with E-state index in [1.807, 2.05) is 0 Å². The molecule has 1 aliphatic heterocycles. The Morgan fingerprint density at radius 1 is 1.25 bits per heavy atom. The molecule has 4 heteroatoms. The number of guanidine groups is 1. The van der Waals surface area contributed by atoms with Gasteiger partial charge in [-0.15, -0.1) is 0 Å². The number of nitrogens with two attached hydrogens (primary N) is 1. The van der Waals surface area contributed by atoms with Crippen molar-refractivity contribution in [1.29, 1.82) is 0 Å². The van der Waals surface area contributed by atoms with E-state index in [0.29, 0.717) is 0 Å². The lowest BCUT2D eigenvalue weighted by atomic mass is 9.96. The monoisotopic (exact) mass is 282 g/mol. The van der Waals surface area contributed by atoms with Gasteiger partial charge in [-0.1, -0.05) is 13.8 Å². The number of aliphatic imine (C=N–C) groups is 1. The van der Waals surface area contributed by atoms with Crippen molar-refractivity contribution in [3.05, 3.63) is 0 Å². The summed E-state index contributed by atoms with van der Waals surface area (Å²) >= 11 is 0. The van der Waals surface area contributed by atoms with Crippen molar-refractivity contribution in [3.8, 4) is 0 Å². The predicted octanol–water partition coefficient (Wildman–Crippen LogP) is 2.40. The maximum Gasteiger partial charge on any atom is 0.191 e. The molecule has 0 radical (unpaired) electrons. The number of nitrogens with zero attached hydrogens (tertiary/aromatic N) is 3. The van der Waals surface area contributed by atoms with Gasteiger partial charge in [0.1, 0.15) is 0 Å². The van der Waals surface area contributed by atoms with E-state index in [-0.39, 0.29) is 0 Å². The highest BCUT2D eigenvalue weighted by Crippen LogP contribution is 2.18. The second-order valence-corrected chi connectivity index (χ2v) is 6.34. The van der Waals surface area contributed by atoms with Crippen molar-refractivity contribution in [2.45, 2.75) is 47.0 Å². The molecule has 118 valence electrons. The maximum atomic E-state index is 6.03. The zero-order valence-corrected chi connectivity index (χ0v) is 13.9. The first-order chi connectivity index (χ1) is 9.56. The van der Waals surface area contributed by atoms with Crippen molar-refractivity contribution in [2.75, 3.05) is 39.3 Å². The molecule has 1 saturated heterocycles. The zero-order chi connectivity index (χ0) is 15.0. The first kappa shape index (κ1) is 17.3. The third-order valence-electron chi connectivity index (χ3n) is 4.33. The smallest absolute Gasteiger partial charge is 0.191 e. The molecule has 1 aliphatic rings. The van der Waals surface area contributed by atoms with Crippen LogP contribution in [-0.4, -0.2) is 55.0 Å². The Kier molecular flexibility index (Phi) is 7.97. The number of hydrogen-bond donors (Lipinski definition) is 1. The summed E-state index contributed by atoms with van der Waals surface area (Å²) in [5, 5.41) is 0. The van der Waals surface area contributed by atoms with Gasteiger partial charge in [0.15, 0.2) is 5.96 Å². The number of likely N-dealkylation sites (tertiary alicyclic amines) is 1. The van der Waals surface area contributed by atoms with Gasteiger partial charge in [-0.3, -0.25) is 4.99 Å². The highest BCUT2D eigenvalue weighted by Gasteiger charge is 2.19. The van der Waals surface area contributed by atoms with Crippen LogP contribution in [0.1, 0.15) is 47.0 Å². The molecule has 4 nitrogen and oxygen atoms in total. The molecule has 0 atom stereocenters. The van der Waals surface area contributed by atoms with Gasteiger partial charge in [0.2, 0.25) is 0 Å². The molecule has 20 heavy (non-hydrogen) atoms. The molecule has 0 aliphatic carbocycles. The Morgan fingerprint density at radius 2 is 1.85 bits per heavy atom. The molecule has 0 spiro atoms. The lowest BCUT2D eigenvalue weighted by Crippen LogP contribution is -2.38. The van der Waals surface area contributed by atoms with Crippen molar-refractivity contribution in [2.24, 2.45) is 22.6 Å². The van der Waals surface area contributed by atoms with Crippen LogP contribution in [0.2, 0.25) is 0 Å². The summed E-state index contributed by atoms with van der Waals surface area (Å²) in [6.07, 6.45) is 3.86. The van der Waals surface area contributed by atoms with Crippen molar-refractivity contribution in [1.82, 2.24) is 9.80 Å². The first-order valence-electron chi connectivity index (χ1n) is 8.34. The molecule has 1 fully saturated rings. The fourth-order valence-corrected chi connectivity index (χ4v) is 2.70. The summed E-state index contributed by atoms with van der Waals surface area (Å²) in [6, 6.07) is 0. The van der Waals surface area contributed by atoms with E-state index in [0.717, 1.165) is 37.4 Å². The standard InChI is InChI=1S/C16H34N4/c1-5-20(6-2)16(17)18-13-15-8-11-19(12-9-15)10-7-14(3)4/h14-15H,5-13H2,1-4H3,(H2,17,18). The van der Waals surface area contributed by atoms with Crippen LogP contribution in [0.3, 0.4) is 0 Å². The van der Waals surface area contributed by atoms with Gasteiger partial charge in [-0.25, -0.2) is 0 Å². The molecule has 0 aromatic rings. The largest absolute Gasteiger partial charge is 0.370 e. The van der Waals surface area contributed by atoms with Crippen LogP contribution in [-0.2, 0) is 0 Å². The summed E-state index contributed by atoms with van der Waals surface area (Å²) in [5.74, 6) is 2.25. The summed E-state index contributed by atoms with van der Waals surface area (Å²) in [6.45, 7) is 15.4. The molecule has 0 unspecified atom stereocenters. The average Bonchev–Trinajstić information content (AvgIpc) is 2.45. The van der Waals surface area contributed by atoms with Gasteiger partial charge in [0, 0.05) is 19.6 Å². The molecule has 0 saturated carbocycles. The lowest BCUT2D eigenvalue weighted by Gasteiger charge is -2.32. The molecule has 0 amide bonds. The van der Waals surface area contributed by atoms with Gasteiger partial charge in [0.05, 0.1) is 0 Å². The van der Waals surface area contributed by atoms with E-state index in [4.69, 9.17) is 5.73 Å². The molecular weight excluding hydrogens is 248 g/mol. The molecule has 1 heterocycles. The van der Waals surface area contributed by atoms with E-state index in [1.54, 1.807) is 0 Å². The van der Waals surface area contributed by atoms with E-state index in [2.05, 4.69) is 42.5 Å². The van der Waals surface area contributed by atoms with Gasteiger partial charge >= 0.3 is 0 Å². The molecular formula is C16H34N4. The highest BCUT2D eigenvalue weighted by molar-refractivity contribution is 5.77. The molecule has 0 bridgehead atoms. The molecule has 0 aromatic heterocycles. The lowest BCUT2D eigenvalue weighted by molar-refractivity contribution is 0.179. The highest BCUT2D eigenvalue weighted by atomic mass is 15.2. The molecule has 0 aromatic carbocycles. The van der Waals surface area contributed by atoms with Crippen molar-refractivity contribution >= 4 is 5.96 Å². The number of rotatable bonds is 7. The van der Waals surface area contributed by atoms with Crippen molar-refractivity contribution in [3.63, 3.8) is 0 Å². The Balaban J connectivity index is 2.26. The van der Waals surface area contributed by atoms with E-state index in [1.165, 1.54) is 38.9 Å². The summed E-state index contributed by atoms with van der Waals surface area (Å²) in [5.41, 5.74) is 6.03. The van der Waals surface area contributed by atoms with Gasteiger partial charge in [0.25, 0.3) is 0 Å². The molecule has 2 N–H and O–H groups in total. The summed E-state index contributed by atoms with van der Waals surface area (Å²) in [4.78, 5) is 9.32. The third kappa shape index (κ3) is 6.12. The van der Waals surface area contributed by atoms with Crippen LogP contribution in [0.4, 0.5) is 0 Å². The van der Waals surface area contributed by atoms with Crippen LogP contribution in [0.15, 0.2) is 4.99 Å². The van der Waals surface area contributed by atoms with Crippen molar-refractivity contribution < 1.29 is 0 Å². The first-order valence-corrected chi connectivity index (χ1v) is 8.34. The third-order valence-corrected chi connectivity index (χ3v) is 4.33. The maximum absolute atomic E-state index is 6.03. The molecule has 1 rings (SSSR count). The summed E-state index contributed by atoms with van der Waals surface area (Å²) < 4.78 is 0. The topological polar surface area (TPSA) is 44.9 Å². The van der Waals surface area contributed by atoms with Gasteiger partial charge in [-0.2, -0.15) is 0 Å². The Hall–Kier alpha value is -0.770. The quantitative estimate of drug-likeness (QED) is 0.576. The van der Waals surface area contributed by atoms with Gasteiger partial charge < -0.3 is 15.5 Å². The minimum atomic E-state index is 0.720. The Labute approximate surface area is 125 Å². The number of hydrogen-bond acceptors (Lipinski definition) is 2. The summed E-state index contributed by atoms with van der Waals surface area (Å²) in [7, 11) is 0. The van der Waals surface area contributed by atoms with E-state index < -0.39 is 0 Å². The second-order valence-electron chi connectivity index (χ2n) is 6.34. The van der Waals surface area contributed by atoms with Crippen LogP contribution >= 0.6 is 0 Å². The van der Waals surface area contributed by atoms with Crippen LogP contribution in [0.5, 0.6) is 0 Å². The SMILES string of the molecule is CCN(CC)C(N)=NCC1CCN(CCC(C)C)CC1. The Bertz CT molecular complexity index is 276. The second kappa shape index (κ2) is 9.22. The number of piperidine rings is 1. The van der Waals surface area contributed by atoms with Crippen LogP contribution in [0, 0.1) is 11.8 Å². The van der Waals surface area contributed by atoms with E-state index in [9.17, 15) is 0 Å². The van der Waals surface area contributed by atoms with Gasteiger partial charge in [-0.05, 0) is 64.6 Å². The normalized spacial score (nSPS) is 18.8. The fraction of sp³-hybridized carbons (Fsp3) is 0.938. The Morgan fingerprint density at radius 3 is 2.35 bits per heavy atom. The zero-order valence-electron chi connectivity index (χ0n) is 13.9. The average molecular weight is 282 g/mol. The van der Waals surface area contributed by atoms with E-state index >= 15 is 0 Å². The van der Waals surface area contributed by atoms with Crippen LogP contribution < -0.4 is 5.73 Å².